The maximum Gasteiger partial charge on any atom is 0.319 e. The lowest BCUT2D eigenvalue weighted by atomic mass is 9.85. The van der Waals surface area contributed by atoms with Gasteiger partial charge in [-0.25, -0.2) is 18.0 Å². The van der Waals surface area contributed by atoms with Crippen molar-refractivity contribution in [2.75, 3.05) is 39.1 Å². The quantitative estimate of drug-likeness (QED) is 0.464. The van der Waals surface area contributed by atoms with Crippen LogP contribution in [0.3, 0.4) is 0 Å². The van der Waals surface area contributed by atoms with Gasteiger partial charge in [-0.05, 0) is 64.1 Å². The van der Waals surface area contributed by atoms with Crippen LogP contribution in [0, 0.1) is 5.92 Å². The second-order valence-corrected chi connectivity index (χ2v) is 8.23. The largest absolute Gasteiger partial charge is 0.476 e. The van der Waals surface area contributed by atoms with E-state index in [2.05, 4.69) is 15.0 Å². The van der Waals surface area contributed by atoms with Gasteiger partial charge in [0, 0.05) is 6.54 Å². The summed E-state index contributed by atoms with van der Waals surface area (Å²) in [6, 6.07) is -0.563. The molecule has 2 unspecified atom stereocenters. The number of allylic oxidation sites excluding steroid dienone is 3. The molecule has 1 aliphatic rings. The highest BCUT2D eigenvalue weighted by atomic mass is 32.1. The number of aromatic nitrogens is 1. The van der Waals surface area contributed by atoms with Crippen LogP contribution in [0.15, 0.2) is 23.8 Å². The zero-order valence-electron chi connectivity index (χ0n) is 17.5. The molecule has 0 saturated carbocycles. The number of carbonyl (C=O) groups is 2. The second kappa shape index (κ2) is 10.6. The van der Waals surface area contributed by atoms with E-state index in [0.717, 1.165) is 43.9 Å². The predicted octanol–water partition coefficient (Wildman–Crippen LogP) is 3.15. The van der Waals surface area contributed by atoms with Gasteiger partial charge in [0.25, 0.3) is 5.91 Å². The van der Waals surface area contributed by atoms with Crippen molar-refractivity contribution in [3.8, 4) is 5.88 Å². The van der Waals surface area contributed by atoms with Gasteiger partial charge in [0.15, 0.2) is 5.67 Å². The fourth-order valence-corrected chi connectivity index (χ4v) is 3.57. The van der Waals surface area contributed by atoms with Gasteiger partial charge in [0.1, 0.15) is 28.8 Å². The average molecular weight is 462 g/mol. The van der Waals surface area contributed by atoms with Crippen LogP contribution in [-0.2, 0) is 0 Å². The molecular weight excluding hydrogens is 435 g/mol. The van der Waals surface area contributed by atoms with E-state index < -0.39 is 41.8 Å². The van der Waals surface area contributed by atoms with Gasteiger partial charge in [-0.3, -0.25) is 10.1 Å². The monoisotopic (exact) mass is 461 g/mol. The van der Waals surface area contributed by atoms with E-state index in [0.29, 0.717) is 12.6 Å². The number of unbranched alkanes of at least 4 members (excludes halogenated alkanes) is 1. The zero-order chi connectivity index (χ0) is 23.2. The van der Waals surface area contributed by atoms with Crippen LogP contribution in [-0.4, -0.2) is 60.7 Å². The Balaban J connectivity index is 1.99. The molecule has 3 amide bonds. The summed E-state index contributed by atoms with van der Waals surface area (Å²) in [6.07, 6.45) is 3.19. The Morgan fingerprint density at radius 2 is 2.03 bits per heavy atom. The number of carbonyl (C=O) groups excluding carboxylic acids is 2. The Labute approximate surface area is 182 Å². The molecule has 2 rings (SSSR count). The van der Waals surface area contributed by atoms with Crippen LogP contribution in [0.1, 0.15) is 30.1 Å². The minimum Gasteiger partial charge on any atom is -0.476 e. The lowest BCUT2D eigenvalue weighted by molar-refractivity contribution is 0.0783. The van der Waals surface area contributed by atoms with Crippen molar-refractivity contribution in [1.29, 1.82) is 0 Å². The molecule has 0 aliphatic heterocycles. The minimum atomic E-state index is -2.62. The van der Waals surface area contributed by atoms with Crippen LogP contribution >= 0.6 is 11.5 Å². The number of hydrogen-bond acceptors (Lipinski definition) is 6. The molecule has 12 heteroatoms. The van der Waals surface area contributed by atoms with Crippen LogP contribution in [0.25, 0.3) is 0 Å². The molecule has 4 N–H and O–H groups in total. The fourth-order valence-electron chi connectivity index (χ4n) is 2.83. The van der Waals surface area contributed by atoms with Gasteiger partial charge in [0.2, 0.25) is 5.88 Å². The zero-order valence-corrected chi connectivity index (χ0v) is 18.3. The average Bonchev–Trinajstić information content (AvgIpc) is 3.07. The number of urea groups is 1. The summed E-state index contributed by atoms with van der Waals surface area (Å²) in [5, 5.41) is 5.15. The maximum atomic E-state index is 14.6. The highest BCUT2D eigenvalue weighted by molar-refractivity contribution is 7.11. The van der Waals surface area contributed by atoms with Crippen molar-refractivity contribution in [1.82, 2.24) is 14.6 Å². The van der Waals surface area contributed by atoms with Crippen LogP contribution in [0.5, 0.6) is 5.88 Å². The van der Waals surface area contributed by atoms with Gasteiger partial charge >= 0.3 is 6.03 Å². The van der Waals surface area contributed by atoms with E-state index in [1.807, 2.05) is 19.0 Å². The van der Waals surface area contributed by atoms with Crippen molar-refractivity contribution < 1.29 is 27.5 Å². The van der Waals surface area contributed by atoms with Crippen molar-refractivity contribution in [3.05, 3.63) is 29.4 Å². The first-order chi connectivity index (χ1) is 14.5. The minimum absolute atomic E-state index is 0.0297. The van der Waals surface area contributed by atoms with Gasteiger partial charge in [-0.15, -0.1) is 0 Å². The molecule has 0 radical (unpaired) electrons. The Morgan fingerprint density at radius 1 is 1.32 bits per heavy atom. The molecule has 1 heterocycles. The van der Waals surface area contributed by atoms with Crippen LogP contribution in [0.2, 0.25) is 0 Å². The standard InChI is InChI=1S/C19H26F3N5O3S/c1-19(22)11(12(20)6-7-13(19)21)10-30-16-14(15(23)28)17(31-26-16)25-18(29)24-8-4-5-9-27(2)3/h6-7,11H,4-5,8-10H2,1-3H3,(H2,23,28)(H2,24,25,29). The first-order valence-electron chi connectivity index (χ1n) is 9.58. The molecule has 1 aliphatic carbocycles. The second-order valence-electron chi connectivity index (χ2n) is 7.45. The van der Waals surface area contributed by atoms with Crippen molar-refractivity contribution >= 4 is 28.5 Å². The Kier molecular flexibility index (Phi) is 8.45. The van der Waals surface area contributed by atoms with Gasteiger partial charge in [-0.1, -0.05) is 0 Å². The number of hydrogen-bond donors (Lipinski definition) is 3. The lowest BCUT2D eigenvalue weighted by Gasteiger charge is -2.30. The summed E-state index contributed by atoms with van der Waals surface area (Å²) >= 11 is 0.726. The van der Waals surface area contributed by atoms with E-state index in [1.54, 1.807) is 0 Å². The Bertz CT molecular complexity index is 870. The number of nitrogens with one attached hydrogen (secondary N) is 2. The number of primary amides is 1. The summed E-state index contributed by atoms with van der Waals surface area (Å²) in [5.41, 5.74) is 2.51. The molecule has 0 fully saturated rings. The van der Waals surface area contributed by atoms with E-state index in [1.165, 1.54) is 0 Å². The summed E-state index contributed by atoms with van der Waals surface area (Å²) in [6.45, 7) is 1.58. The molecule has 1 aromatic rings. The third kappa shape index (κ3) is 6.44. The van der Waals surface area contributed by atoms with Gasteiger partial charge in [-0.2, -0.15) is 4.37 Å². The van der Waals surface area contributed by atoms with E-state index in [-0.39, 0.29) is 16.4 Å². The van der Waals surface area contributed by atoms with Crippen LogP contribution < -0.4 is 21.1 Å². The van der Waals surface area contributed by atoms with Crippen molar-refractivity contribution in [2.45, 2.75) is 25.4 Å². The highest BCUT2D eigenvalue weighted by Crippen LogP contribution is 2.40. The SMILES string of the molecule is CN(C)CCCCNC(=O)Nc1snc(OCC2C(F)=CC=C(F)C2(C)F)c1C(N)=O. The van der Waals surface area contributed by atoms with Crippen molar-refractivity contribution in [3.63, 3.8) is 0 Å². The van der Waals surface area contributed by atoms with Crippen molar-refractivity contribution in [2.24, 2.45) is 11.7 Å². The van der Waals surface area contributed by atoms with E-state index in [4.69, 9.17) is 10.5 Å². The molecule has 31 heavy (non-hydrogen) atoms. The number of nitrogens with two attached hydrogens (primary N) is 1. The molecule has 1 aromatic heterocycles. The number of ether oxygens (including phenoxy) is 1. The topological polar surface area (TPSA) is 110 Å². The van der Waals surface area contributed by atoms with Gasteiger partial charge in [0.05, 0.1) is 5.92 Å². The Morgan fingerprint density at radius 3 is 2.68 bits per heavy atom. The molecule has 2 atom stereocenters. The number of halogens is 3. The summed E-state index contributed by atoms with van der Waals surface area (Å²) in [4.78, 5) is 25.9. The molecule has 0 spiro atoms. The number of nitrogens with zero attached hydrogens (tertiary/aromatic N) is 2. The predicted molar refractivity (Wildman–Crippen MR) is 112 cm³/mol. The molecule has 0 saturated heterocycles. The molecular formula is C19H26F3N5O3S. The first-order valence-corrected chi connectivity index (χ1v) is 10.4. The summed E-state index contributed by atoms with van der Waals surface area (Å²) < 4.78 is 51.5. The highest BCUT2D eigenvalue weighted by Gasteiger charge is 2.44. The normalized spacial score (nSPS) is 20.8. The molecule has 172 valence electrons. The maximum absolute atomic E-state index is 14.6. The van der Waals surface area contributed by atoms with E-state index >= 15 is 0 Å². The fraction of sp³-hybridized carbons (Fsp3) is 0.526. The molecule has 0 aromatic carbocycles. The first kappa shape index (κ1) is 24.7. The van der Waals surface area contributed by atoms with Crippen LogP contribution in [0.4, 0.5) is 23.0 Å². The molecule has 0 bridgehead atoms. The number of amides is 3. The van der Waals surface area contributed by atoms with Gasteiger partial charge < -0.3 is 20.7 Å². The van der Waals surface area contributed by atoms with E-state index in [9.17, 15) is 22.8 Å². The third-order valence-electron chi connectivity index (χ3n) is 4.68. The lowest BCUT2D eigenvalue weighted by Crippen LogP contribution is -2.37. The molecule has 8 nitrogen and oxygen atoms in total. The summed E-state index contributed by atoms with van der Waals surface area (Å²) in [7, 11) is 3.91. The third-order valence-corrected chi connectivity index (χ3v) is 5.43. The smallest absolute Gasteiger partial charge is 0.319 e. The Hall–Kier alpha value is -2.60. The number of alkyl halides is 1. The number of anilines is 1. The summed E-state index contributed by atoms with van der Waals surface area (Å²) in [5.74, 6) is -4.85. The number of rotatable bonds is 10.